The number of ketones is 2. The zero-order valence-electron chi connectivity index (χ0n) is 6.18. The van der Waals surface area contributed by atoms with Crippen molar-refractivity contribution in [3.8, 4) is 0 Å². The molecule has 0 saturated carbocycles. The van der Waals surface area contributed by atoms with Crippen molar-refractivity contribution < 1.29 is 9.59 Å². The molecule has 0 N–H and O–H groups in total. The predicted molar refractivity (Wildman–Crippen MR) is 39.6 cm³/mol. The van der Waals surface area contributed by atoms with Crippen molar-refractivity contribution in [3.05, 3.63) is 24.3 Å². The van der Waals surface area contributed by atoms with Gasteiger partial charge in [-0.1, -0.05) is 20.4 Å². The maximum absolute atomic E-state index is 10.4. The molecule has 2 nitrogen and oxygen atoms in total. The van der Waals surface area contributed by atoms with Gasteiger partial charge in [-0.2, -0.15) is 0 Å². The average Bonchev–Trinajstić information content (AvgIpc) is 2.25. The highest BCUT2D eigenvalue weighted by Crippen LogP contribution is 2.04. The van der Waals surface area contributed by atoms with E-state index in [1.54, 1.807) is 0 Å². The summed E-state index contributed by atoms with van der Waals surface area (Å²) in [7, 11) is 0. The van der Waals surface area contributed by atoms with Crippen LogP contribution in [0.1, 0.15) is 13.8 Å². The summed E-state index contributed by atoms with van der Waals surface area (Å²) in [5.41, 5.74) is 0.0741. The van der Waals surface area contributed by atoms with Crippen molar-refractivity contribution in [1.29, 1.82) is 0 Å². The van der Waals surface area contributed by atoms with Crippen molar-refractivity contribution in [1.82, 2.24) is 0 Å². The molecule has 0 aliphatic heterocycles. The topological polar surface area (TPSA) is 34.1 Å². The molecule has 2 heteroatoms. The first-order valence-corrected chi connectivity index (χ1v) is 3.17. The van der Waals surface area contributed by atoms with Gasteiger partial charge < -0.3 is 0 Å². The summed E-state index contributed by atoms with van der Waals surface area (Å²) in [5, 5.41) is 0. The van der Waals surface area contributed by atoms with Gasteiger partial charge in [-0.15, -0.1) is 0 Å². The van der Waals surface area contributed by atoms with E-state index >= 15 is 0 Å². The van der Waals surface area contributed by atoms with Crippen LogP contribution in [0.2, 0.25) is 0 Å². The first kappa shape index (κ1) is 8.82. The minimum absolute atomic E-state index is 0.0741. The summed E-state index contributed by atoms with van der Waals surface area (Å²) >= 11 is 0. The molecule has 0 aromatic heterocycles. The monoisotopic (exact) mass is 138 g/mol. The van der Waals surface area contributed by atoms with Gasteiger partial charge in [0.05, 0.1) is 5.57 Å². The van der Waals surface area contributed by atoms with Crippen LogP contribution < -0.4 is 0 Å². The summed E-state index contributed by atoms with van der Waals surface area (Å²) in [6.45, 7) is 7.25. The first-order chi connectivity index (χ1) is 4.72. The Bertz CT molecular complexity index is 179. The van der Waals surface area contributed by atoms with E-state index in [1.165, 1.54) is 12.2 Å². The van der Waals surface area contributed by atoms with Crippen LogP contribution in [-0.4, -0.2) is 11.6 Å². The standard InChI is InChI=1S/C6H4O2.C2H6/c1-4-5(7)2-3-6(4)8;1-2/h2-3H,1H2;1-2H3. The minimum atomic E-state index is -0.269. The second-order valence-electron chi connectivity index (χ2n) is 1.54. The minimum Gasteiger partial charge on any atom is -0.289 e. The summed E-state index contributed by atoms with van der Waals surface area (Å²) in [6.07, 6.45) is 2.45. The van der Waals surface area contributed by atoms with Crippen LogP contribution in [0.5, 0.6) is 0 Å². The van der Waals surface area contributed by atoms with Crippen molar-refractivity contribution in [2.45, 2.75) is 13.8 Å². The molecule has 0 aromatic carbocycles. The van der Waals surface area contributed by atoms with Crippen LogP contribution in [0, 0.1) is 0 Å². The molecule has 0 fully saturated rings. The van der Waals surface area contributed by atoms with E-state index in [1.807, 2.05) is 13.8 Å². The van der Waals surface area contributed by atoms with Crippen molar-refractivity contribution in [2.75, 3.05) is 0 Å². The smallest absolute Gasteiger partial charge is 0.189 e. The molecule has 0 radical (unpaired) electrons. The van der Waals surface area contributed by atoms with Gasteiger partial charge in [0.2, 0.25) is 0 Å². The Morgan fingerprint density at radius 1 is 1.10 bits per heavy atom. The summed E-state index contributed by atoms with van der Waals surface area (Å²) < 4.78 is 0. The maximum atomic E-state index is 10.4. The molecule has 0 amide bonds. The molecule has 0 heterocycles. The summed E-state index contributed by atoms with van der Waals surface area (Å²) in [5.74, 6) is -0.537. The molecule has 1 aliphatic rings. The first-order valence-electron chi connectivity index (χ1n) is 3.17. The van der Waals surface area contributed by atoms with E-state index in [0.717, 1.165) is 0 Å². The van der Waals surface area contributed by atoms with Crippen molar-refractivity contribution in [3.63, 3.8) is 0 Å². The van der Waals surface area contributed by atoms with E-state index in [0.29, 0.717) is 0 Å². The average molecular weight is 138 g/mol. The van der Waals surface area contributed by atoms with E-state index in [4.69, 9.17) is 0 Å². The highest BCUT2D eigenvalue weighted by atomic mass is 16.2. The van der Waals surface area contributed by atoms with Gasteiger partial charge in [-0.05, 0) is 12.2 Å². The molecule has 0 bridgehead atoms. The second kappa shape index (κ2) is 3.77. The van der Waals surface area contributed by atoms with Gasteiger partial charge in [0.1, 0.15) is 0 Å². The molecule has 0 unspecified atom stereocenters. The normalized spacial score (nSPS) is 15.2. The number of hydrogen-bond donors (Lipinski definition) is 0. The van der Waals surface area contributed by atoms with E-state index in [9.17, 15) is 9.59 Å². The van der Waals surface area contributed by atoms with E-state index in [-0.39, 0.29) is 17.1 Å². The van der Waals surface area contributed by atoms with Crippen LogP contribution >= 0.6 is 0 Å². The number of carbonyl (C=O) groups excluding carboxylic acids is 2. The van der Waals surface area contributed by atoms with Gasteiger partial charge in [0, 0.05) is 0 Å². The van der Waals surface area contributed by atoms with Crippen LogP contribution in [0.15, 0.2) is 24.3 Å². The highest BCUT2D eigenvalue weighted by molar-refractivity contribution is 6.32. The number of allylic oxidation sites excluding steroid dienone is 3. The molecular weight excluding hydrogens is 128 g/mol. The van der Waals surface area contributed by atoms with Crippen LogP contribution in [0.3, 0.4) is 0 Å². The predicted octanol–water partition coefficient (Wildman–Crippen LogP) is 1.28. The number of carbonyl (C=O) groups is 2. The van der Waals surface area contributed by atoms with Crippen LogP contribution in [-0.2, 0) is 9.59 Å². The number of rotatable bonds is 0. The van der Waals surface area contributed by atoms with E-state index in [2.05, 4.69) is 6.58 Å². The Balaban J connectivity index is 0.000000371. The van der Waals surface area contributed by atoms with Crippen LogP contribution in [0.25, 0.3) is 0 Å². The Kier molecular flexibility index (Phi) is 3.33. The van der Waals surface area contributed by atoms with Crippen molar-refractivity contribution >= 4 is 11.6 Å². The van der Waals surface area contributed by atoms with Gasteiger partial charge >= 0.3 is 0 Å². The summed E-state index contributed by atoms with van der Waals surface area (Å²) in [4.78, 5) is 20.8. The summed E-state index contributed by atoms with van der Waals surface area (Å²) in [6, 6.07) is 0. The second-order valence-corrected chi connectivity index (χ2v) is 1.54. The molecule has 0 aromatic rings. The van der Waals surface area contributed by atoms with Crippen LogP contribution in [0.4, 0.5) is 0 Å². The fourth-order valence-electron chi connectivity index (χ4n) is 0.474. The quantitative estimate of drug-likeness (QED) is 0.373. The Morgan fingerprint density at radius 2 is 1.40 bits per heavy atom. The SMILES string of the molecule is C=C1C(=O)C=CC1=O.CC. The molecule has 0 spiro atoms. The third-order valence-electron chi connectivity index (χ3n) is 0.981. The zero-order chi connectivity index (χ0) is 8.15. The third kappa shape index (κ3) is 1.65. The molecular formula is C8H10O2. The van der Waals surface area contributed by atoms with Gasteiger partial charge in [0.25, 0.3) is 0 Å². The highest BCUT2D eigenvalue weighted by Gasteiger charge is 2.16. The number of hydrogen-bond acceptors (Lipinski definition) is 2. The lowest BCUT2D eigenvalue weighted by atomic mass is 10.2. The van der Waals surface area contributed by atoms with Crippen molar-refractivity contribution in [2.24, 2.45) is 0 Å². The lowest BCUT2D eigenvalue weighted by molar-refractivity contribution is -0.115. The molecule has 1 aliphatic carbocycles. The molecule has 0 saturated heterocycles. The maximum Gasteiger partial charge on any atom is 0.189 e. The Hall–Kier alpha value is -1.18. The van der Waals surface area contributed by atoms with Gasteiger partial charge in [-0.25, -0.2) is 0 Å². The molecule has 54 valence electrons. The lowest BCUT2D eigenvalue weighted by Gasteiger charge is -1.81. The lowest BCUT2D eigenvalue weighted by Crippen LogP contribution is -1.97. The third-order valence-corrected chi connectivity index (χ3v) is 0.981. The largest absolute Gasteiger partial charge is 0.289 e. The fraction of sp³-hybridized carbons (Fsp3) is 0.250. The Labute approximate surface area is 60.2 Å². The Morgan fingerprint density at radius 3 is 1.50 bits per heavy atom. The van der Waals surface area contributed by atoms with E-state index < -0.39 is 0 Å². The fourth-order valence-corrected chi connectivity index (χ4v) is 0.474. The molecule has 10 heavy (non-hydrogen) atoms. The van der Waals surface area contributed by atoms with Gasteiger partial charge in [0.15, 0.2) is 11.6 Å². The van der Waals surface area contributed by atoms with Gasteiger partial charge in [-0.3, -0.25) is 9.59 Å². The molecule has 0 atom stereocenters. The zero-order valence-corrected chi connectivity index (χ0v) is 6.18. The molecule has 1 rings (SSSR count).